The molecule has 5 heteroatoms. The summed E-state index contributed by atoms with van der Waals surface area (Å²) in [5.74, 6) is 0.931. The molecule has 1 aromatic heterocycles. The van der Waals surface area contributed by atoms with Crippen molar-refractivity contribution in [3.63, 3.8) is 0 Å². The number of furan rings is 1. The van der Waals surface area contributed by atoms with Gasteiger partial charge in [-0.05, 0) is 26.0 Å². The Bertz CT molecular complexity index is 362. The van der Waals surface area contributed by atoms with E-state index in [1.165, 1.54) is 0 Å². The molecule has 0 aliphatic rings. The predicted molar refractivity (Wildman–Crippen MR) is 64.8 cm³/mol. The molecule has 0 radical (unpaired) electrons. The van der Waals surface area contributed by atoms with Gasteiger partial charge in [0.1, 0.15) is 17.1 Å². The van der Waals surface area contributed by atoms with Crippen LogP contribution in [-0.4, -0.2) is 22.9 Å². The van der Waals surface area contributed by atoms with E-state index in [1.807, 2.05) is 0 Å². The van der Waals surface area contributed by atoms with E-state index in [1.54, 1.807) is 24.8 Å². The van der Waals surface area contributed by atoms with E-state index in [0.717, 1.165) is 6.42 Å². The number of aromatic carboxylic acids is 1. The zero-order valence-electron chi connectivity index (χ0n) is 9.53. The second-order valence-corrected chi connectivity index (χ2v) is 5.11. The summed E-state index contributed by atoms with van der Waals surface area (Å²) in [6.45, 7) is 4.44. The lowest BCUT2D eigenvalue weighted by Crippen LogP contribution is -2.07. The first-order valence-electron chi connectivity index (χ1n) is 5.19. The van der Waals surface area contributed by atoms with Gasteiger partial charge in [0.15, 0.2) is 0 Å². The van der Waals surface area contributed by atoms with Crippen LogP contribution in [-0.2, 0) is 5.75 Å². The molecule has 0 fully saturated rings. The van der Waals surface area contributed by atoms with Crippen molar-refractivity contribution in [1.82, 2.24) is 0 Å². The van der Waals surface area contributed by atoms with Gasteiger partial charge in [0.2, 0.25) is 0 Å². The number of carboxylic acids is 1. The van der Waals surface area contributed by atoms with Gasteiger partial charge in [-0.2, -0.15) is 11.8 Å². The first-order valence-corrected chi connectivity index (χ1v) is 6.23. The second kappa shape index (κ2) is 5.96. The summed E-state index contributed by atoms with van der Waals surface area (Å²) >= 11 is 1.72. The van der Waals surface area contributed by atoms with Gasteiger partial charge < -0.3 is 15.3 Å². The quantitative estimate of drug-likeness (QED) is 0.801. The zero-order chi connectivity index (χ0) is 12.1. The molecule has 0 aliphatic heterocycles. The van der Waals surface area contributed by atoms with Crippen LogP contribution in [0, 0.1) is 6.92 Å². The molecule has 3 N–H and O–H groups in total. The summed E-state index contributed by atoms with van der Waals surface area (Å²) in [6.07, 6.45) is 0.955. The maximum Gasteiger partial charge on any atom is 0.339 e. The number of rotatable bonds is 6. The average Bonchev–Trinajstić information content (AvgIpc) is 2.57. The van der Waals surface area contributed by atoms with E-state index in [-0.39, 0.29) is 5.56 Å². The molecule has 1 unspecified atom stereocenters. The van der Waals surface area contributed by atoms with Gasteiger partial charge in [-0.3, -0.25) is 0 Å². The fourth-order valence-corrected chi connectivity index (χ4v) is 2.26. The van der Waals surface area contributed by atoms with Crippen molar-refractivity contribution in [3.8, 4) is 0 Å². The molecule has 90 valence electrons. The van der Waals surface area contributed by atoms with Gasteiger partial charge in [-0.1, -0.05) is 6.92 Å². The lowest BCUT2D eigenvalue weighted by molar-refractivity contribution is 0.0695. The molecule has 0 saturated carbocycles. The summed E-state index contributed by atoms with van der Waals surface area (Å²) < 4.78 is 5.37. The molecular formula is C11H17NO3S. The van der Waals surface area contributed by atoms with Gasteiger partial charge in [0, 0.05) is 5.25 Å². The molecule has 0 bridgehead atoms. The first kappa shape index (κ1) is 13.1. The van der Waals surface area contributed by atoms with Gasteiger partial charge >= 0.3 is 5.97 Å². The Morgan fingerprint density at radius 3 is 2.88 bits per heavy atom. The predicted octanol–water partition coefficient (Wildman–Crippen LogP) is 2.26. The molecule has 1 rings (SSSR count). The molecule has 16 heavy (non-hydrogen) atoms. The molecule has 0 saturated heterocycles. The number of hydrogen-bond donors (Lipinski definition) is 2. The second-order valence-electron chi connectivity index (χ2n) is 3.69. The van der Waals surface area contributed by atoms with Crippen LogP contribution in [0.2, 0.25) is 0 Å². The molecule has 0 spiro atoms. The van der Waals surface area contributed by atoms with Crippen LogP contribution in [0.1, 0.15) is 35.2 Å². The summed E-state index contributed by atoms with van der Waals surface area (Å²) in [4.78, 5) is 10.8. The zero-order valence-corrected chi connectivity index (χ0v) is 10.3. The van der Waals surface area contributed by atoms with Crippen molar-refractivity contribution in [2.24, 2.45) is 5.73 Å². The Morgan fingerprint density at radius 2 is 2.38 bits per heavy atom. The minimum atomic E-state index is -0.937. The molecular weight excluding hydrogens is 226 g/mol. The van der Waals surface area contributed by atoms with Crippen molar-refractivity contribution in [1.29, 1.82) is 0 Å². The number of aryl methyl sites for hydroxylation is 1. The van der Waals surface area contributed by atoms with Crippen LogP contribution in [0.3, 0.4) is 0 Å². The normalized spacial score (nSPS) is 12.7. The van der Waals surface area contributed by atoms with E-state index in [0.29, 0.717) is 29.1 Å². The summed E-state index contributed by atoms with van der Waals surface area (Å²) in [7, 11) is 0. The minimum absolute atomic E-state index is 0.252. The smallest absolute Gasteiger partial charge is 0.339 e. The third-order valence-corrected chi connectivity index (χ3v) is 3.54. The van der Waals surface area contributed by atoms with Crippen LogP contribution in [0.4, 0.5) is 0 Å². The van der Waals surface area contributed by atoms with Crippen LogP contribution < -0.4 is 5.73 Å². The maximum absolute atomic E-state index is 10.8. The highest BCUT2D eigenvalue weighted by atomic mass is 32.2. The Labute approximate surface area is 99.2 Å². The highest BCUT2D eigenvalue weighted by Gasteiger charge is 2.14. The number of carbonyl (C=O) groups is 1. The number of hydrogen-bond acceptors (Lipinski definition) is 4. The molecule has 0 aromatic carbocycles. The fourth-order valence-electron chi connectivity index (χ4n) is 1.37. The fraction of sp³-hybridized carbons (Fsp3) is 0.545. The summed E-state index contributed by atoms with van der Waals surface area (Å²) in [6, 6.07) is 1.60. The SMILES string of the molecule is Cc1oc(CSC(C)CCN)cc1C(=O)O. The lowest BCUT2D eigenvalue weighted by atomic mass is 10.2. The molecule has 0 aliphatic carbocycles. The Kier molecular flexibility index (Phi) is 4.89. The van der Waals surface area contributed by atoms with E-state index in [2.05, 4.69) is 6.92 Å². The van der Waals surface area contributed by atoms with Gasteiger partial charge in [-0.25, -0.2) is 4.79 Å². The van der Waals surface area contributed by atoms with E-state index in [4.69, 9.17) is 15.3 Å². The first-order chi connectivity index (χ1) is 7.54. The van der Waals surface area contributed by atoms with Crippen molar-refractivity contribution < 1.29 is 14.3 Å². The van der Waals surface area contributed by atoms with Crippen LogP contribution in [0.25, 0.3) is 0 Å². The minimum Gasteiger partial charge on any atom is -0.478 e. The summed E-state index contributed by atoms with van der Waals surface area (Å²) in [5, 5.41) is 9.32. The maximum atomic E-state index is 10.8. The van der Waals surface area contributed by atoms with E-state index in [9.17, 15) is 4.79 Å². The lowest BCUT2D eigenvalue weighted by Gasteiger charge is -2.07. The molecule has 0 amide bonds. The largest absolute Gasteiger partial charge is 0.478 e. The average molecular weight is 243 g/mol. The standard InChI is InChI=1S/C11H17NO3S/c1-7(3-4-12)16-6-9-5-10(11(13)14)8(2)15-9/h5,7H,3-4,6,12H2,1-2H3,(H,13,14). The Hall–Kier alpha value is -0.940. The third-order valence-electron chi connectivity index (χ3n) is 2.28. The molecule has 4 nitrogen and oxygen atoms in total. The van der Waals surface area contributed by atoms with Crippen LogP contribution in [0.5, 0.6) is 0 Å². The molecule has 1 heterocycles. The van der Waals surface area contributed by atoms with E-state index < -0.39 is 5.97 Å². The van der Waals surface area contributed by atoms with Crippen LogP contribution in [0.15, 0.2) is 10.5 Å². The van der Waals surface area contributed by atoms with E-state index >= 15 is 0 Å². The molecule has 1 atom stereocenters. The van der Waals surface area contributed by atoms with Crippen molar-refractivity contribution in [2.45, 2.75) is 31.3 Å². The van der Waals surface area contributed by atoms with Crippen molar-refractivity contribution in [2.75, 3.05) is 6.54 Å². The number of carboxylic acid groups (broad SMARTS) is 1. The van der Waals surface area contributed by atoms with Crippen molar-refractivity contribution >= 4 is 17.7 Å². The highest BCUT2D eigenvalue weighted by Crippen LogP contribution is 2.23. The monoisotopic (exact) mass is 243 g/mol. The molecule has 1 aromatic rings. The third kappa shape index (κ3) is 3.57. The summed E-state index contributed by atoms with van der Waals surface area (Å²) in [5.41, 5.74) is 5.70. The Balaban J connectivity index is 2.55. The topological polar surface area (TPSA) is 76.5 Å². The van der Waals surface area contributed by atoms with Gasteiger partial charge in [0.25, 0.3) is 0 Å². The number of thioether (sulfide) groups is 1. The van der Waals surface area contributed by atoms with Crippen LogP contribution >= 0.6 is 11.8 Å². The van der Waals surface area contributed by atoms with Crippen molar-refractivity contribution in [3.05, 3.63) is 23.2 Å². The van der Waals surface area contributed by atoms with Gasteiger partial charge in [0.05, 0.1) is 5.75 Å². The Morgan fingerprint density at radius 1 is 1.69 bits per heavy atom. The number of nitrogens with two attached hydrogens (primary N) is 1. The van der Waals surface area contributed by atoms with Gasteiger partial charge in [-0.15, -0.1) is 0 Å². The highest BCUT2D eigenvalue weighted by molar-refractivity contribution is 7.99.